The van der Waals surface area contributed by atoms with Gasteiger partial charge in [0.15, 0.2) is 0 Å². The molecule has 0 saturated carbocycles. The van der Waals surface area contributed by atoms with E-state index in [1.807, 2.05) is 0 Å². The molecule has 1 aromatic rings. The molecule has 0 bridgehead atoms. The average Bonchev–Trinajstić information content (AvgIpc) is 2.03. The van der Waals surface area contributed by atoms with E-state index in [4.69, 9.17) is 0 Å². The summed E-state index contributed by atoms with van der Waals surface area (Å²) >= 11 is 0. The third-order valence-electron chi connectivity index (χ3n) is 1.35. The summed E-state index contributed by atoms with van der Waals surface area (Å²) in [5.41, 5.74) is -0.774. The van der Waals surface area contributed by atoms with Gasteiger partial charge in [0, 0.05) is 0 Å². The maximum atomic E-state index is 12.1. The molecule has 0 amide bonds. The number of hydrogen-bond donors (Lipinski definition) is 0. The van der Waals surface area contributed by atoms with E-state index >= 15 is 0 Å². The van der Waals surface area contributed by atoms with E-state index in [9.17, 15) is 13.2 Å². The van der Waals surface area contributed by atoms with Crippen molar-refractivity contribution in [3.05, 3.63) is 29.8 Å². The molecule has 1 rings (SSSR count). The van der Waals surface area contributed by atoms with Gasteiger partial charge < -0.3 is 4.74 Å². The Balaban J connectivity index is 3.14. The van der Waals surface area contributed by atoms with Crippen LogP contribution in [0.1, 0.15) is 5.56 Å². The highest BCUT2D eigenvalue weighted by atomic mass is 19.4. The minimum atomic E-state index is -4.36. The fourth-order valence-corrected chi connectivity index (χ4v) is 0.818. The van der Waals surface area contributed by atoms with Crippen molar-refractivity contribution in [2.75, 3.05) is 7.11 Å². The van der Waals surface area contributed by atoms with Crippen LogP contribution in [-0.4, -0.2) is 7.11 Å². The van der Waals surface area contributed by atoms with Crippen LogP contribution in [0.2, 0.25) is 0 Å². The molecule has 0 unspecified atom stereocenters. The number of alkyl halides is 3. The Kier molecular flexibility index (Phi) is 2.26. The van der Waals surface area contributed by atoms with Gasteiger partial charge in [0.05, 0.1) is 12.7 Å². The Labute approximate surface area is 67.8 Å². The molecule has 0 saturated heterocycles. The average molecular weight is 175 g/mol. The predicted molar refractivity (Wildman–Crippen MR) is 36.8 cm³/mol. The number of hydrogen-bond acceptors (Lipinski definition) is 1. The van der Waals surface area contributed by atoms with Gasteiger partial charge in [0.2, 0.25) is 0 Å². The first-order chi connectivity index (χ1) is 5.55. The summed E-state index contributed by atoms with van der Waals surface area (Å²) in [6.07, 6.45) is -4.36. The van der Waals surface area contributed by atoms with E-state index in [0.29, 0.717) is 0 Å². The molecule has 0 aliphatic rings. The van der Waals surface area contributed by atoms with E-state index < -0.39 is 11.7 Å². The van der Waals surface area contributed by atoms with Gasteiger partial charge >= 0.3 is 6.18 Å². The topological polar surface area (TPSA) is 9.23 Å². The van der Waals surface area contributed by atoms with Crippen molar-refractivity contribution >= 4 is 0 Å². The molecule has 65 valence electrons. The lowest BCUT2D eigenvalue weighted by Gasteiger charge is -2.10. The molecular weight excluding hydrogens is 169 g/mol. The van der Waals surface area contributed by atoms with E-state index in [2.05, 4.69) is 10.8 Å². The number of methoxy groups -OCH3 is 1. The van der Waals surface area contributed by atoms with Crippen LogP contribution in [0.15, 0.2) is 18.2 Å². The molecule has 0 aliphatic heterocycles. The molecule has 4 heteroatoms. The van der Waals surface area contributed by atoms with Crippen LogP contribution in [0.4, 0.5) is 13.2 Å². The van der Waals surface area contributed by atoms with Crippen molar-refractivity contribution in [2.24, 2.45) is 0 Å². The summed E-state index contributed by atoms with van der Waals surface area (Å²) in [5.74, 6) is -0.204. The van der Waals surface area contributed by atoms with Crippen LogP contribution < -0.4 is 4.74 Å². The largest absolute Gasteiger partial charge is 0.496 e. The Morgan fingerprint density at radius 1 is 1.42 bits per heavy atom. The van der Waals surface area contributed by atoms with Crippen molar-refractivity contribution in [2.45, 2.75) is 6.18 Å². The highest BCUT2D eigenvalue weighted by Crippen LogP contribution is 2.35. The lowest BCUT2D eigenvalue weighted by atomic mass is 10.2. The number of rotatable bonds is 1. The minimum absolute atomic E-state index is 0.204. The van der Waals surface area contributed by atoms with Crippen molar-refractivity contribution in [1.29, 1.82) is 0 Å². The fraction of sp³-hybridized carbons (Fsp3) is 0.250. The first kappa shape index (κ1) is 8.90. The third kappa shape index (κ3) is 1.69. The number of ether oxygens (including phenoxy) is 1. The molecule has 0 fully saturated rings. The summed E-state index contributed by atoms with van der Waals surface area (Å²) < 4.78 is 40.9. The molecule has 0 N–H and O–H groups in total. The summed E-state index contributed by atoms with van der Waals surface area (Å²) in [6.45, 7) is 0. The summed E-state index contributed by atoms with van der Waals surface area (Å²) in [7, 11) is 1.19. The van der Waals surface area contributed by atoms with Gasteiger partial charge in [-0.3, -0.25) is 0 Å². The smallest absolute Gasteiger partial charge is 0.419 e. The molecule has 0 atom stereocenters. The van der Waals surface area contributed by atoms with Crippen LogP contribution in [0.3, 0.4) is 0 Å². The molecule has 1 radical (unpaired) electrons. The lowest BCUT2D eigenvalue weighted by Crippen LogP contribution is -2.06. The predicted octanol–water partition coefficient (Wildman–Crippen LogP) is 2.51. The second kappa shape index (κ2) is 3.05. The molecule has 12 heavy (non-hydrogen) atoms. The SMILES string of the molecule is COc1c[c]ccc1C(F)(F)F. The maximum absolute atomic E-state index is 12.1. The van der Waals surface area contributed by atoms with Gasteiger partial charge in [-0.15, -0.1) is 0 Å². The molecule has 0 aliphatic carbocycles. The quantitative estimate of drug-likeness (QED) is 0.637. The van der Waals surface area contributed by atoms with Crippen molar-refractivity contribution < 1.29 is 17.9 Å². The van der Waals surface area contributed by atoms with Gasteiger partial charge in [0.25, 0.3) is 0 Å². The zero-order valence-corrected chi connectivity index (χ0v) is 6.27. The molecule has 0 spiro atoms. The first-order valence-corrected chi connectivity index (χ1v) is 3.17. The number of benzene rings is 1. The van der Waals surface area contributed by atoms with Crippen molar-refractivity contribution in [1.82, 2.24) is 0 Å². The first-order valence-electron chi connectivity index (χ1n) is 3.17. The van der Waals surface area contributed by atoms with Gasteiger partial charge in [0.1, 0.15) is 5.75 Å². The Morgan fingerprint density at radius 3 is 2.50 bits per heavy atom. The van der Waals surface area contributed by atoms with Crippen LogP contribution in [0.5, 0.6) is 5.75 Å². The summed E-state index contributed by atoms with van der Waals surface area (Å²) in [4.78, 5) is 0. The molecule has 0 aromatic heterocycles. The monoisotopic (exact) mass is 175 g/mol. The van der Waals surface area contributed by atoms with E-state index in [0.717, 1.165) is 12.1 Å². The normalized spacial score (nSPS) is 11.3. The molecule has 1 nitrogen and oxygen atoms in total. The maximum Gasteiger partial charge on any atom is 0.419 e. The van der Waals surface area contributed by atoms with E-state index in [1.165, 1.54) is 13.2 Å². The molecule has 0 heterocycles. The highest BCUT2D eigenvalue weighted by Gasteiger charge is 2.33. The molecule has 1 aromatic carbocycles. The van der Waals surface area contributed by atoms with Gasteiger partial charge in [-0.1, -0.05) is 6.07 Å². The Bertz CT molecular complexity index is 267. The highest BCUT2D eigenvalue weighted by molar-refractivity contribution is 5.34. The van der Waals surface area contributed by atoms with Crippen LogP contribution in [0.25, 0.3) is 0 Å². The number of halogens is 3. The van der Waals surface area contributed by atoms with Gasteiger partial charge in [-0.2, -0.15) is 13.2 Å². The summed E-state index contributed by atoms with van der Waals surface area (Å²) in [5, 5.41) is 0. The Hall–Kier alpha value is -1.19. The van der Waals surface area contributed by atoms with Crippen LogP contribution in [0, 0.1) is 6.07 Å². The standard InChI is InChI=1S/C8H6F3O/c1-12-7-5-3-2-4-6(7)8(9,10)11/h2,4-5H,1H3. The zero-order valence-electron chi connectivity index (χ0n) is 6.27. The lowest BCUT2D eigenvalue weighted by molar-refractivity contribution is -0.138. The van der Waals surface area contributed by atoms with E-state index in [-0.39, 0.29) is 5.75 Å². The molecular formula is C8H6F3O. The minimum Gasteiger partial charge on any atom is -0.496 e. The van der Waals surface area contributed by atoms with Crippen molar-refractivity contribution in [3.63, 3.8) is 0 Å². The second-order valence-electron chi connectivity index (χ2n) is 2.12. The van der Waals surface area contributed by atoms with Gasteiger partial charge in [-0.05, 0) is 18.2 Å². The fourth-order valence-electron chi connectivity index (χ4n) is 0.818. The van der Waals surface area contributed by atoms with Gasteiger partial charge in [-0.25, -0.2) is 0 Å². The third-order valence-corrected chi connectivity index (χ3v) is 1.35. The van der Waals surface area contributed by atoms with E-state index in [1.54, 1.807) is 0 Å². The van der Waals surface area contributed by atoms with Crippen molar-refractivity contribution in [3.8, 4) is 5.75 Å². The second-order valence-corrected chi connectivity index (χ2v) is 2.12. The van der Waals surface area contributed by atoms with Crippen LogP contribution in [-0.2, 0) is 6.18 Å². The zero-order chi connectivity index (χ0) is 9.19. The van der Waals surface area contributed by atoms with Crippen LogP contribution >= 0.6 is 0 Å². The summed E-state index contributed by atoms with van der Waals surface area (Å²) in [6, 6.07) is 5.78. The Morgan fingerprint density at radius 2 is 2.08 bits per heavy atom.